The summed E-state index contributed by atoms with van der Waals surface area (Å²) in [5.41, 5.74) is 1.42. The molecule has 0 aromatic carbocycles. The van der Waals surface area contributed by atoms with Gasteiger partial charge < -0.3 is 14.8 Å². The van der Waals surface area contributed by atoms with Crippen molar-refractivity contribution in [2.24, 2.45) is 0 Å². The van der Waals surface area contributed by atoms with Crippen LogP contribution in [0.25, 0.3) is 0 Å². The molecule has 0 amide bonds. The van der Waals surface area contributed by atoms with Crippen molar-refractivity contribution < 1.29 is 0 Å². The summed E-state index contributed by atoms with van der Waals surface area (Å²) in [4.78, 5) is 6.68. The molecular weight excluding hydrogens is 248 g/mol. The van der Waals surface area contributed by atoms with Crippen LogP contribution in [0.5, 0.6) is 0 Å². The van der Waals surface area contributed by atoms with Crippen molar-refractivity contribution >= 4 is 0 Å². The zero-order valence-corrected chi connectivity index (χ0v) is 14.1. The lowest BCUT2D eigenvalue weighted by Gasteiger charge is -2.22. The molecule has 20 heavy (non-hydrogen) atoms. The lowest BCUT2D eigenvalue weighted by molar-refractivity contribution is 0.266. The number of hydrogen-bond acceptors (Lipinski definition) is 3. The first-order valence-electron chi connectivity index (χ1n) is 7.74. The lowest BCUT2D eigenvalue weighted by Crippen LogP contribution is -2.35. The van der Waals surface area contributed by atoms with Crippen LogP contribution >= 0.6 is 0 Å². The molecular formula is C16H32N4. The summed E-state index contributed by atoms with van der Waals surface area (Å²) in [6.45, 7) is 14.2. The maximum atomic E-state index is 4.28. The highest BCUT2D eigenvalue weighted by Gasteiger charge is 2.10. The Hall–Kier alpha value is -0.870. The maximum absolute atomic E-state index is 4.28. The molecule has 4 nitrogen and oxygen atoms in total. The third-order valence-corrected chi connectivity index (χ3v) is 3.64. The molecule has 0 saturated carbocycles. The van der Waals surface area contributed by atoms with Gasteiger partial charge in [-0.2, -0.15) is 0 Å². The number of imidazole rings is 1. The highest BCUT2D eigenvalue weighted by molar-refractivity contribution is 4.98. The fraction of sp³-hybridized carbons (Fsp3) is 0.812. The molecule has 1 aromatic rings. The summed E-state index contributed by atoms with van der Waals surface area (Å²) in [5.74, 6) is 0. The zero-order valence-electron chi connectivity index (χ0n) is 14.1. The van der Waals surface area contributed by atoms with Crippen molar-refractivity contribution in [2.45, 2.75) is 72.1 Å². The third kappa shape index (κ3) is 6.53. The molecule has 1 aromatic heterocycles. The van der Waals surface area contributed by atoms with E-state index >= 15 is 0 Å². The first-order chi connectivity index (χ1) is 9.29. The fourth-order valence-electron chi connectivity index (χ4n) is 1.95. The molecule has 0 spiro atoms. The summed E-state index contributed by atoms with van der Waals surface area (Å²) < 4.78 is 2.27. The summed E-state index contributed by atoms with van der Waals surface area (Å²) in [6, 6.07) is 0.634. The summed E-state index contributed by atoms with van der Waals surface area (Å²) in [5, 5.41) is 3.52. The van der Waals surface area contributed by atoms with E-state index < -0.39 is 0 Å². The number of rotatable bonds is 8. The Morgan fingerprint density at radius 3 is 2.60 bits per heavy atom. The quantitative estimate of drug-likeness (QED) is 0.743. The standard InChI is InChI=1S/C16H32N4/c1-14(2)19(6)9-7-8-10-20-13-17-11-15(20)12-18-16(3,4)5/h11,13-14,18H,7-10,12H2,1-6H3. The minimum Gasteiger partial charge on any atom is -0.333 e. The molecule has 0 saturated heterocycles. The van der Waals surface area contributed by atoms with E-state index in [0.29, 0.717) is 6.04 Å². The van der Waals surface area contributed by atoms with Crippen LogP contribution < -0.4 is 5.32 Å². The number of aryl methyl sites for hydroxylation is 1. The normalized spacial score (nSPS) is 12.6. The Kier molecular flexibility index (Phi) is 6.69. The van der Waals surface area contributed by atoms with Crippen molar-refractivity contribution in [3.8, 4) is 0 Å². The topological polar surface area (TPSA) is 33.1 Å². The Bertz CT molecular complexity index is 376. The van der Waals surface area contributed by atoms with Crippen LogP contribution in [0.3, 0.4) is 0 Å². The van der Waals surface area contributed by atoms with Crippen LogP contribution in [0.2, 0.25) is 0 Å². The molecule has 1 rings (SSSR count). The average Bonchev–Trinajstić information content (AvgIpc) is 2.78. The van der Waals surface area contributed by atoms with Crippen molar-refractivity contribution in [3.63, 3.8) is 0 Å². The van der Waals surface area contributed by atoms with E-state index in [0.717, 1.165) is 13.1 Å². The van der Waals surface area contributed by atoms with Gasteiger partial charge in [0.05, 0.1) is 12.0 Å². The third-order valence-electron chi connectivity index (χ3n) is 3.64. The van der Waals surface area contributed by atoms with Crippen LogP contribution in [-0.4, -0.2) is 39.6 Å². The molecule has 0 radical (unpaired) electrons. The Morgan fingerprint density at radius 1 is 1.30 bits per heavy atom. The van der Waals surface area contributed by atoms with E-state index in [-0.39, 0.29) is 5.54 Å². The van der Waals surface area contributed by atoms with E-state index in [1.807, 2.05) is 12.5 Å². The second kappa shape index (κ2) is 7.79. The van der Waals surface area contributed by atoms with E-state index in [1.165, 1.54) is 25.1 Å². The second-order valence-electron chi connectivity index (χ2n) is 6.96. The van der Waals surface area contributed by atoms with Gasteiger partial charge in [-0.1, -0.05) is 0 Å². The molecule has 0 fully saturated rings. The molecule has 0 bridgehead atoms. The van der Waals surface area contributed by atoms with E-state index in [2.05, 4.69) is 61.4 Å². The second-order valence-corrected chi connectivity index (χ2v) is 6.96. The van der Waals surface area contributed by atoms with Gasteiger partial charge in [0.15, 0.2) is 0 Å². The Morgan fingerprint density at radius 2 is 2.00 bits per heavy atom. The predicted octanol–water partition coefficient (Wildman–Crippen LogP) is 2.89. The van der Waals surface area contributed by atoms with Crippen molar-refractivity contribution in [3.05, 3.63) is 18.2 Å². The number of nitrogens with zero attached hydrogens (tertiary/aromatic N) is 3. The van der Waals surface area contributed by atoms with Gasteiger partial charge in [0.1, 0.15) is 0 Å². The van der Waals surface area contributed by atoms with Crippen LogP contribution in [0.4, 0.5) is 0 Å². The lowest BCUT2D eigenvalue weighted by atomic mass is 10.1. The fourth-order valence-corrected chi connectivity index (χ4v) is 1.95. The smallest absolute Gasteiger partial charge is 0.0948 e. The molecule has 0 atom stereocenters. The molecule has 0 aliphatic rings. The van der Waals surface area contributed by atoms with E-state index in [4.69, 9.17) is 0 Å². The first kappa shape index (κ1) is 17.2. The highest BCUT2D eigenvalue weighted by atomic mass is 15.1. The highest BCUT2D eigenvalue weighted by Crippen LogP contribution is 2.06. The average molecular weight is 280 g/mol. The molecule has 116 valence electrons. The monoisotopic (exact) mass is 280 g/mol. The van der Waals surface area contributed by atoms with Gasteiger partial charge in [0.25, 0.3) is 0 Å². The minimum atomic E-state index is 0.148. The summed E-state index contributed by atoms with van der Waals surface area (Å²) >= 11 is 0. The van der Waals surface area contributed by atoms with Gasteiger partial charge in [0, 0.05) is 30.9 Å². The van der Waals surface area contributed by atoms with Crippen molar-refractivity contribution in [1.29, 1.82) is 0 Å². The molecule has 0 unspecified atom stereocenters. The first-order valence-corrected chi connectivity index (χ1v) is 7.74. The SMILES string of the molecule is CC(C)N(C)CCCCn1cncc1CNC(C)(C)C. The van der Waals surface area contributed by atoms with Gasteiger partial charge >= 0.3 is 0 Å². The largest absolute Gasteiger partial charge is 0.333 e. The van der Waals surface area contributed by atoms with Gasteiger partial charge in [0.2, 0.25) is 0 Å². The Labute approximate surface area is 124 Å². The number of nitrogens with one attached hydrogen (secondary N) is 1. The number of hydrogen-bond donors (Lipinski definition) is 1. The predicted molar refractivity (Wildman–Crippen MR) is 85.8 cm³/mol. The van der Waals surface area contributed by atoms with Crippen LogP contribution in [0.15, 0.2) is 12.5 Å². The minimum absolute atomic E-state index is 0.148. The van der Waals surface area contributed by atoms with Crippen LogP contribution in [-0.2, 0) is 13.1 Å². The van der Waals surface area contributed by atoms with Gasteiger partial charge in [-0.15, -0.1) is 0 Å². The van der Waals surface area contributed by atoms with Crippen LogP contribution in [0.1, 0.15) is 53.2 Å². The zero-order chi connectivity index (χ0) is 15.2. The van der Waals surface area contributed by atoms with Crippen molar-refractivity contribution in [1.82, 2.24) is 19.8 Å². The molecule has 4 heteroatoms. The molecule has 1 heterocycles. The molecule has 0 aliphatic heterocycles. The van der Waals surface area contributed by atoms with Crippen LogP contribution in [0, 0.1) is 0 Å². The molecule has 1 N–H and O–H groups in total. The number of aromatic nitrogens is 2. The van der Waals surface area contributed by atoms with Crippen molar-refractivity contribution in [2.75, 3.05) is 13.6 Å². The van der Waals surface area contributed by atoms with Gasteiger partial charge in [-0.3, -0.25) is 0 Å². The van der Waals surface area contributed by atoms with Gasteiger partial charge in [-0.05, 0) is 61.1 Å². The number of unbranched alkanes of at least 4 members (excludes halogenated alkanes) is 1. The van der Waals surface area contributed by atoms with Gasteiger partial charge in [-0.25, -0.2) is 4.98 Å². The molecule has 0 aliphatic carbocycles. The van der Waals surface area contributed by atoms with E-state index in [1.54, 1.807) is 0 Å². The Balaban J connectivity index is 2.32. The summed E-state index contributed by atoms with van der Waals surface area (Å²) in [7, 11) is 2.20. The summed E-state index contributed by atoms with van der Waals surface area (Å²) in [6.07, 6.45) is 6.36. The van der Waals surface area contributed by atoms with E-state index in [9.17, 15) is 0 Å². The maximum Gasteiger partial charge on any atom is 0.0948 e.